The fourth-order valence-electron chi connectivity index (χ4n) is 4.52. The van der Waals surface area contributed by atoms with Gasteiger partial charge in [0.15, 0.2) is 5.82 Å². The Hall–Kier alpha value is -4.27. The van der Waals surface area contributed by atoms with E-state index in [9.17, 15) is 19.2 Å². The standard InChI is InChI=1S/C25H23N5O4/c1-13-5-4-7-16-18(13)24(33)29-23(28-16)25(34)27-12-14-8-9-15-6-2-3-10-30(17(15)11-14)20-19(26)21(31)22(20)32/h4-5,7-9,11H,2-3,6,10,12,26H2,1H3,(H,27,34)(H,28,29,33). The Labute approximate surface area is 193 Å². The summed E-state index contributed by atoms with van der Waals surface area (Å²) in [6, 6.07) is 11.1. The lowest BCUT2D eigenvalue weighted by Crippen LogP contribution is -2.41. The van der Waals surface area contributed by atoms with Gasteiger partial charge in [-0.2, -0.15) is 0 Å². The van der Waals surface area contributed by atoms with Crippen LogP contribution in [0.1, 0.15) is 40.2 Å². The van der Waals surface area contributed by atoms with E-state index in [1.54, 1.807) is 12.1 Å². The number of aromatic nitrogens is 2. The van der Waals surface area contributed by atoms with E-state index in [1.165, 1.54) is 0 Å². The lowest BCUT2D eigenvalue weighted by Gasteiger charge is -2.27. The first-order valence-electron chi connectivity index (χ1n) is 11.1. The number of benzene rings is 2. The molecule has 9 heteroatoms. The molecule has 0 saturated carbocycles. The van der Waals surface area contributed by atoms with Gasteiger partial charge in [0.1, 0.15) is 11.4 Å². The van der Waals surface area contributed by atoms with Gasteiger partial charge in [-0.25, -0.2) is 4.98 Å². The molecule has 1 aliphatic rings. The Morgan fingerprint density at radius 3 is 2.76 bits per heavy atom. The molecule has 0 bridgehead atoms. The molecule has 172 valence electrons. The summed E-state index contributed by atoms with van der Waals surface area (Å²) in [6.07, 6.45) is 2.66. The lowest BCUT2D eigenvalue weighted by molar-refractivity contribution is 0.0940. The molecular weight excluding hydrogens is 434 g/mol. The number of aryl methyl sites for hydroxylation is 2. The molecule has 1 aromatic heterocycles. The minimum Gasteiger partial charge on any atom is -0.394 e. The van der Waals surface area contributed by atoms with Crippen molar-refractivity contribution >= 4 is 33.9 Å². The van der Waals surface area contributed by atoms with Crippen molar-refractivity contribution in [2.24, 2.45) is 0 Å². The highest BCUT2D eigenvalue weighted by Gasteiger charge is 2.27. The predicted octanol–water partition coefficient (Wildman–Crippen LogP) is 1.81. The van der Waals surface area contributed by atoms with E-state index in [-0.39, 0.29) is 29.3 Å². The molecule has 34 heavy (non-hydrogen) atoms. The number of hydrogen-bond donors (Lipinski definition) is 3. The Bertz CT molecular complexity index is 1580. The Morgan fingerprint density at radius 1 is 1.15 bits per heavy atom. The molecular formula is C25H23N5O4. The highest BCUT2D eigenvalue weighted by Crippen LogP contribution is 2.34. The third-order valence-electron chi connectivity index (χ3n) is 6.32. The van der Waals surface area contributed by atoms with Crippen LogP contribution >= 0.6 is 0 Å². The van der Waals surface area contributed by atoms with Gasteiger partial charge >= 0.3 is 0 Å². The van der Waals surface area contributed by atoms with Gasteiger partial charge in [-0.1, -0.05) is 24.3 Å². The molecule has 4 aromatic rings. The summed E-state index contributed by atoms with van der Waals surface area (Å²) in [4.78, 5) is 57.7. The number of nitrogens with two attached hydrogens (primary N) is 1. The van der Waals surface area contributed by atoms with Crippen LogP contribution in [0.25, 0.3) is 10.9 Å². The molecule has 0 spiro atoms. The summed E-state index contributed by atoms with van der Waals surface area (Å²) in [5.74, 6) is -0.560. The molecule has 9 nitrogen and oxygen atoms in total. The van der Waals surface area contributed by atoms with Crippen LogP contribution in [0.4, 0.5) is 17.1 Å². The average molecular weight is 457 g/mol. The predicted molar refractivity (Wildman–Crippen MR) is 130 cm³/mol. The number of nitrogen functional groups attached to an aromatic ring is 1. The summed E-state index contributed by atoms with van der Waals surface area (Å²) in [5, 5.41) is 3.25. The van der Waals surface area contributed by atoms with Gasteiger partial charge in [0, 0.05) is 18.8 Å². The van der Waals surface area contributed by atoms with Gasteiger partial charge in [0.25, 0.3) is 22.3 Å². The van der Waals surface area contributed by atoms with Crippen LogP contribution in [0.3, 0.4) is 0 Å². The smallest absolute Gasteiger partial charge is 0.287 e. The molecule has 4 N–H and O–H groups in total. The van der Waals surface area contributed by atoms with Gasteiger partial charge in [-0.15, -0.1) is 0 Å². The number of hydrogen-bond acceptors (Lipinski definition) is 7. The van der Waals surface area contributed by atoms with Crippen LogP contribution in [0, 0.1) is 6.92 Å². The molecule has 3 aromatic carbocycles. The number of carbonyl (C=O) groups excluding carboxylic acids is 1. The molecule has 5 rings (SSSR count). The largest absolute Gasteiger partial charge is 0.394 e. The minimum atomic E-state index is -0.642. The third-order valence-corrected chi connectivity index (χ3v) is 6.32. The van der Waals surface area contributed by atoms with E-state index in [1.807, 2.05) is 36.1 Å². The van der Waals surface area contributed by atoms with Gasteiger partial charge in [-0.3, -0.25) is 19.2 Å². The summed E-state index contributed by atoms with van der Waals surface area (Å²) in [5.41, 5.74) is 8.43. The summed E-state index contributed by atoms with van der Waals surface area (Å²) < 4.78 is 0. The van der Waals surface area contributed by atoms with Crippen LogP contribution in [-0.2, 0) is 13.0 Å². The molecule has 0 saturated heterocycles. The van der Waals surface area contributed by atoms with E-state index in [4.69, 9.17) is 5.73 Å². The molecule has 1 aliphatic heterocycles. The third kappa shape index (κ3) is 3.55. The van der Waals surface area contributed by atoms with E-state index < -0.39 is 16.8 Å². The zero-order valence-electron chi connectivity index (χ0n) is 18.6. The van der Waals surface area contributed by atoms with Crippen LogP contribution in [0.15, 0.2) is 50.8 Å². The van der Waals surface area contributed by atoms with Crippen LogP contribution < -0.4 is 32.4 Å². The second kappa shape index (κ2) is 8.26. The normalized spacial score (nSPS) is 13.6. The monoisotopic (exact) mass is 457 g/mol. The highest BCUT2D eigenvalue weighted by atomic mass is 16.2. The quantitative estimate of drug-likeness (QED) is 0.397. The zero-order chi connectivity index (χ0) is 24.0. The number of nitrogens with one attached hydrogen (secondary N) is 2. The Kier molecular flexibility index (Phi) is 5.24. The van der Waals surface area contributed by atoms with Gasteiger partial charge in [0.05, 0.1) is 10.9 Å². The molecule has 0 unspecified atom stereocenters. The first-order chi connectivity index (χ1) is 16.3. The Balaban J connectivity index is 1.41. The fraction of sp³-hybridized carbons (Fsp3) is 0.240. The molecule has 2 heterocycles. The molecule has 1 amide bonds. The number of anilines is 3. The van der Waals surface area contributed by atoms with Crippen molar-refractivity contribution in [3.63, 3.8) is 0 Å². The highest BCUT2D eigenvalue weighted by molar-refractivity contribution is 5.93. The van der Waals surface area contributed by atoms with Crippen molar-refractivity contribution in [2.45, 2.75) is 32.7 Å². The SMILES string of the molecule is Cc1cccc2nc(C(=O)NCc3ccc4c(c3)N(c3c(N)c(=O)c3=O)CCCC4)[nH]c(=O)c12. The molecule has 0 aliphatic carbocycles. The minimum absolute atomic E-state index is 0.00174. The summed E-state index contributed by atoms with van der Waals surface area (Å²) in [7, 11) is 0. The maximum atomic E-state index is 12.7. The van der Waals surface area contributed by atoms with Crippen LogP contribution in [0.5, 0.6) is 0 Å². The number of nitrogens with zero attached hydrogens (tertiary/aromatic N) is 2. The first kappa shape index (κ1) is 21.6. The Morgan fingerprint density at radius 2 is 1.97 bits per heavy atom. The fourth-order valence-corrected chi connectivity index (χ4v) is 4.52. The van der Waals surface area contributed by atoms with E-state index in [0.717, 1.165) is 41.6 Å². The van der Waals surface area contributed by atoms with Gasteiger partial charge < -0.3 is 20.9 Å². The number of H-pyrrole nitrogens is 1. The second-order valence-electron chi connectivity index (χ2n) is 8.56. The number of aromatic amines is 1. The second-order valence-corrected chi connectivity index (χ2v) is 8.56. The maximum Gasteiger partial charge on any atom is 0.287 e. The topological polar surface area (TPSA) is 138 Å². The van der Waals surface area contributed by atoms with Crippen molar-refractivity contribution < 1.29 is 4.79 Å². The van der Waals surface area contributed by atoms with Gasteiger partial charge in [-0.05, 0) is 55.0 Å². The van der Waals surface area contributed by atoms with E-state index in [2.05, 4.69) is 15.3 Å². The first-order valence-corrected chi connectivity index (χ1v) is 11.1. The van der Waals surface area contributed by atoms with Crippen molar-refractivity contribution in [1.82, 2.24) is 15.3 Å². The van der Waals surface area contributed by atoms with E-state index >= 15 is 0 Å². The molecule has 0 fully saturated rings. The van der Waals surface area contributed by atoms with Crippen LogP contribution in [-0.4, -0.2) is 22.4 Å². The van der Waals surface area contributed by atoms with Crippen LogP contribution in [0.2, 0.25) is 0 Å². The summed E-state index contributed by atoms with van der Waals surface area (Å²) in [6.45, 7) is 2.59. The summed E-state index contributed by atoms with van der Waals surface area (Å²) >= 11 is 0. The lowest BCUT2D eigenvalue weighted by atomic mass is 10.0. The number of rotatable bonds is 4. The zero-order valence-corrected chi connectivity index (χ0v) is 18.6. The molecule has 0 atom stereocenters. The van der Waals surface area contributed by atoms with Crippen molar-refractivity contribution in [1.29, 1.82) is 0 Å². The number of amides is 1. The number of fused-ring (bicyclic) bond motifs is 2. The maximum absolute atomic E-state index is 12.7. The average Bonchev–Trinajstić information content (AvgIpc) is 3.04. The number of carbonyl (C=O) groups is 1. The van der Waals surface area contributed by atoms with E-state index in [0.29, 0.717) is 17.4 Å². The van der Waals surface area contributed by atoms with Crippen molar-refractivity contribution in [3.05, 3.63) is 89.7 Å². The molecule has 0 radical (unpaired) electrons. The van der Waals surface area contributed by atoms with Gasteiger partial charge in [0.2, 0.25) is 0 Å². The van der Waals surface area contributed by atoms with Crippen molar-refractivity contribution in [3.8, 4) is 0 Å². The van der Waals surface area contributed by atoms with Crippen molar-refractivity contribution in [2.75, 3.05) is 17.2 Å².